The predicted octanol–water partition coefficient (Wildman–Crippen LogP) is 3.44. The van der Waals surface area contributed by atoms with Gasteiger partial charge in [0.25, 0.3) is 0 Å². The summed E-state index contributed by atoms with van der Waals surface area (Å²) in [6, 6.07) is 11.7. The highest BCUT2D eigenvalue weighted by molar-refractivity contribution is 7.98. The second-order valence-corrected chi connectivity index (χ2v) is 6.56. The summed E-state index contributed by atoms with van der Waals surface area (Å²) in [5.41, 5.74) is 2.34. The minimum atomic E-state index is -2.87. The van der Waals surface area contributed by atoms with Crippen LogP contribution in [0.4, 0.5) is 8.78 Å². The van der Waals surface area contributed by atoms with Gasteiger partial charge in [0.1, 0.15) is 11.5 Å². The first-order valence-electron chi connectivity index (χ1n) is 8.11. The highest BCUT2D eigenvalue weighted by atomic mass is 32.2. The number of fused-ring (bicyclic) bond motifs is 1. The Hall–Kier alpha value is -3.21. The lowest BCUT2D eigenvalue weighted by Gasteiger charge is -2.06. The Bertz CT molecular complexity index is 1080. The van der Waals surface area contributed by atoms with E-state index in [1.54, 1.807) is 19.2 Å². The maximum atomic E-state index is 12.3. The summed E-state index contributed by atoms with van der Waals surface area (Å²) in [6.07, 6.45) is 0. The predicted molar refractivity (Wildman–Crippen MR) is 98.0 cm³/mol. The summed E-state index contributed by atoms with van der Waals surface area (Å²) < 4.78 is 35.6. The van der Waals surface area contributed by atoms with E-state index in [0.29, 0.717) is 17.3 Å². The molecule has 0 saturated carbocycles. The Morgan fingerprint density at radius 3 is 2.68 bits per heavy atom. The van der Waals surface area contributed by atoms with Gasteiger partial charge in [-0.15, -0.1) is 5.10 Å². The number of hydrogen-bond acceptors (Lipinski definition) is 7. The number of aromatic nitrogens is 6. The summed E-state index contributed by atoms with van der Waals surface area (Å²) in [5.74, 6) is 1.86. The van der Waals surface area contributed by atoms with Gasteiger partial charge in [0.2, 0.25) is 0 Å². The van der Waals surface area contributed by atoms with Crippen LogP contribution in [0.5, 0.6) is 11.5 Å². The van der Waals surface area contributed by atoms with E-state index in [-0.39, 0.29) is 5.75 Å². The van der Waals surface area contributed by atoms with Crippen LogP contribution in [-0.2, 0) is 5.75 Å². The molecule has 2 aromatic heterocycles. The number of imidazole rings is 1. The number of hydrogen-bond donors (Lipinski definition) is 1. The number of H-pyrrole nitrogens is 1. The average molecular weight is 404 g/mol. The summed E-state index contributed by atoms with van der Waals surface area (Å²) in [4.78, 5) is 7.74. The smallest absolute Gasteiger partial charge is 0.387 e. The van der Waals surface area contributed by atoms with Crippen molar-refractivity contribution < 1.29 is 18.3 Å². The van der Waals surface area contributed by atoms with Gasteiger partial charge in [-0.05, 0) is 46.8 Å². The minimum Gasteiger partial charge on any atom is -0.497 e. The lowest BCUT2D eigenvalue weighted by molar-refractivity contribution is -0.0498. The number of alkyl halides is 2. The van der Waals surface area contributed by atoms with Crippen molar-refractivity contribution >= 4 is 22.8 Å². The molecule has 0 unspecified atom stereocenters. The first-order chi connectivity index (χ1) is 13.6. The molecular formula is C17H14F2N6O2S. The van der Waals surface area contributed by atoms with Crippen LogP contribution in [0.15, 0.2) is 47.6 Å². The number of tetrazole rings is 1. The first kappa shape index (κ1) is 18.2. The molecule has 11 heteroatoms. The third-order valence-corrected chi connectivity index (χ3v) is 4.72. The Morgan fingerprint density at radius 1 is 1.14 bits per heavy atom. The fraction of sp³-hybridized carbons (Fsp3) is 0.176. The first-order valence-corrected chi connectivity index (χ1v) is 9.10. The maximum absolute atomic E-state index is 12.3. The fourth-order valence-electron chi connectivity index (χ4n) is 2.56. The Morgan fingerprint density at radius 2 is 1.93 bits per heavy atom. The molecule has 4 rings (SSSR count). The molecule has 0 fully saturated rings. The molecule has 4 aromatic rings. The van der Waals surface area contributed by atoms with Crippen LogP contribution in [0, 0.1) is 0 Å². The zero-order valence-electron chi connectivity index (χ0n) is 14.5. The van der Waals surface area contributed by atoms with Gasteiger partial charge in [-0.25, -0.2) is 4.98 Å². The van der Waals surface area contributed by atoms with Crippen molar-refractivity contribution in [2.45, 2.75) is 17.5 Å². The monoisotopic (exact) mass is 404 g/mol. The average Bonchev–Trinajstić information content (AvgIpc) is 3.32. The van der Waals surface area contributed by atoms with Gasteiger partial charge in [-0.1, -0.05) is 11.8 Å². The van der Waals surface area contributed by atoms with Gasteiger partial charge in [0.05, 0.1) is 29.6 Å². The quantitative estimate of drug-likeness (QED) is 0.472. The molecule has 0 atom stereocenters. The van der Waals surface area contributed by atoms with Gasteiger partial charge < -0.3 is 14.5 Å². The Balaban J connectivity index is 1.49. The van der Waals surface area contributed by atoms with E-state index in [4.69, 9.17) is 4.74 Å². The van der Waals surface area contributed by atoms with E-state index >= 15 is 0 Å². The number of methoxy groups -OCH3 is 1. The summed E-state index contributed by atoms with van der Waals surface area (Å²) in [5, 5.41) is 12.4. The number of halogens is 2. The van der Waals surface area contributed by atoms with Crippen LogP contribution in [0.1, 0.15) is 5.82 Å². The normalized spacial score (nSPS) is 11.3. The second-order valence-electron chi connectivity index (χ2n) is 5.59. The Kier molecular flexibility index (Phi) is 5.06. The molecule has 1 N–H and O–H groups in total. The number of aromatic amines is 1. The van der Waals surface area contributed by atoms with Crippen LogP contribution in [0.2, 0.25) is 0 Å². The molecule has 0 aliphatic carbocycles. The van der Waals surface area contributed by atoms with E-state index in [1.807, 2.05) is 18.2 Å². The van der Waals surface area contributed by atoms with Gasteiger partial charge in [-0.2, -0.15) is 13.5 Å². The second kappa shape index (κ2) is 7.80. The zero-order chi connectivity index (χ0) is 19.5. The number of benzene rings is 2. The highest BCUT2D eigenvalue weighted by Gasteiger charge is 2.12. The van der Waals surface area contributed by atoms with Crippen molar-refractivity contribution in [3.8, 4) is 17.2 Å². The van der Waals surface area contributed by atoms with E-state index < -0.39 is 6.61 Å². The molecule has 0 radical (unpaired) electrons. The van der Waals surface area contributed by atoms with Crippen LogP contribution < -0.4 is 9.47 Å². The molecule has 2 aromatic carbocycles. The van der Waals surface area contributed by atoms with Gasteiger partial charge in [0.15, 0.2) is 11.0 Å². The molecule has 0 bridgehead atoms. The topological polar surface area (TPSA) is 90.7 Å². The molecule has 2 heterocycles. The van der Waals surface area contributed by atoms with Crippen molar-refractivity contribution in [3.63, 3.8) is 0 Å². The number of rotatable bonds is 7. The van der Waals surface area contributed by atoms with Crippen molar-refractivity contribution in [3.05, 3.63) is 48.3 Å². The molecule has 144 valence electrons. The summed E-state index contributed by atoms with van der Waals surface area (Å²) >= 11 is 1.44. The molecule has 0 aliphatic rings. The third kappa shape index (κ3) is 3.88. The van der Waals surface area contributed by atoms with Gasteiger partial charge in [0, 0.05) is 6.07 Å². The van der Waals surface area contributed by atoms with E-state index in [1.165, 1.54) is 28.6 Å². The zero-order valence-corrected chi connectivity index (χ0v) is 15.4. The number of thioether (sulfide) groups is 1. The third-order valence-electron chi connectivity index (χ3n) is 3.85. The molecule has 0 aliphatic heterocycles. The van der Waals surface area contributed by atoms with Crippen molar-refractivity contribution in [1.82, 2.24) is 30.2 Å². The van der Waals surface area contributed by atoms with Crippen molar-refractivity contribution in [2.75, 3.05) is 7.11 Å². The van der Waals surface area contributed by atoms with Gasteiger partial charge in [-0.3, -0.25) is 0 Å². The molecule has 0 amide bonds. The van der Waals surface area contributed by atoms with Crippen LogP contribution in [0.25, 0.3) is 16.7 Å². The molecule has 0 spiro atoms. The molecular weight excluding hydrogens is 390 g/mol. The van der Waals surface area contributed by atoms with Crippen LogP contribution >= 0.6 is 11.8 Å². The Labute approximate surface area is 161 Å². The number of nitrogens with zero attached hydrogens (tertiary/aromatic N) is 5. The number of nitrogens with one attached hydrogen (secondary N) is 1. The highest BCUT2D eigenvalue weighted by Crippen LogP contribution is 2.25. The van der Waals surface area contributed by atoms with Crippen molar-refractivity contribution in [1.29, 1.82) is 0 Å². The minimum absolute atomic E-state index is 0.0699. The van der Waals surface area contributed by atoms with Gasteiger partial charge >= 0.3 is 6.61 Å². The number of ether oxygens (including phenoxy) is 2. The lowest BCUT2D eigenvalue weighted by Crippen LogP contribution is -2.04. The van der Waals surface area contributed by atoms with Crippen LogP contribution in [0.3, 0.4) is 0 Å². The lowest BCUT2D eigenvalue weighted by atomic mass is 10.3. The van der Waals surface area contributed by atoms with Crippen LogP contribution in [-0.4, -0.2) is 43.9 Å². The summed E-state index contributed by atoms with van der Waals surface area (Å²) in [7, 11) is 1.61. The summed E-state index contributed by atoms with van der Waals surface area (Å²) in [6.45, 7) is -2.87. The fourth-order valence-corrected chi connectivity index (χ4v) is 3.35. The standard InChI is InChI=1S/C17H14F2N6O2S/c1-26-12-6-7-13-14(8-12)21-17(20-13)28-9-15-22-23-24-25(15)10-2-4-11(5-3-10)27-16(18)19/h2-8,16H,9H2,1H3,(H,20,21). The molecule has 28 heavy (non-hydrogen) atoms. The maximum Gasteiger partial charge on any atom is 0.387 e. The van der Waals surface area contributed by atoms with E-state index in [9.17, 15) is 8.78 Å². The van der Waals surface area contributed by atoms with E-state index in [2.05, 4.69) is 30.2 Å². The SMILES string of the molecule is COc1ccc2nc(SCc3nnnn3-c3ccc(OC(F)F)cc3)[nH]c2c1. The molecule has 8 nitrogen and oxygen atoms in total. The van der Waals surface area contributed by atoms with Crippen molar-refractivity contribution in [2.24, 2.45) is 0 Å². The van der Waals surface area contributed by atoms with E-state index in [0.717, 1.165) is 21.9 Å². The largest absolute Gasteiger partial charge is 0.497 e. The molecule has 0 saturated heterocycles.